The van der Waals surface area contributed by atoms with Gasteiger partial charge in [0, 0.05) is 24.8 Å². The Bertz CT molecular complexity index is 956. The van der Waals surface area contributed by atoms with Gasteiger partial charge < -0.3 is 21.1 Å². The maximum atomic E-state index is 13.3. The molecule has 268 valence electrons. The molecule has 1 saturated heterocycles. The fraction of sp³-hybridized carbons (Fsp3) is 0.795. The molecule has 0 aromatic rings. The first-order valence-electron chi connectivity index (χ1n) is 18.1. The topological polar surface area (TPSA) is 95.7 Å². The van der Waals surface area contributed by atoms with Gasteiger partial charge in [0.05, 0.1) is 11.3 Å². The Morgan fingerprint density at radius 3 is 2.07 bits per heavy atom. The summed E-state index contributed by atoms with van der Waals surface area (Å²) in [7, 11) is 0. The van der Waals surface area contributed by atoms with E-state index in [1.165, 1.54) is 37.5 Å². The number of aliphatic hydroxyl groups is 1. The number of Topliss-reactive ketones (excluding diaryl/α,β-unsaturated/α-hetero) is 1. The zero-order valence-corrected chi connectivity index (χ0v) is 32.5. The number of nitrogens with one attached hydrogen (secondary N) is 1. The lowest BCUT2D eigenvalue weighted by Crippen LogP contribution is -2.54. The molecule has 1 amide bonds. The summed E-state index contributed by atoms with van der Waals surface area (Å²) < 4.78 is 0. The van der Waals surface area contributed by atoms with Crippen LogP contribution in [0.2, 0.25) is 0 Å². The highest BCUT2D eigenvalue weighted by Gasteiger charge is 2.47. The first kappa shape index (κ1) is 44.3. The van der Waals surface area contributed by atoms with Gasteiger partial charge in [-0.3, -0.25) is 9.59 Å². The Labute approximate surface area is 289 Å². The van der Waals surface area contributed by atoms with Crippen LogP contribution in [0, 0.1) is 35.0 Å². The van der Waals surface area contributed by atoms with Gasteiger partial charge in [0.1, 0.15) is 6.04 Å². The average molecular weight is 664 g/mol. The van der Waals surface area contributed by atoms with E-state index < -0.39 is 0 Å². The third-order valence-corrected chi connectivity index (χ3v) is 10.6. The van der Waals surface area contributed by atoms with E-state index in [4.69, 9.17) is 5.11 Å². The highest BCUT2D eigenvalue weighted by atomic mass is 32.1. The number of carbonyl (C=O) groups is 2. The Morgan fingerprint density at radius 1 is 1.15 bits per heavy atom. The van der Waals surface area contributed by atoms with Crippen molar-refractivity contribution in [3.05, 3.63) is 36.2 Å². The third-order valence-electron chi connectivity index (χ3n) is 10.2. The van der Waals surface area contributed by atoms with Crippen LogP contribution in [0.5, 0.6) is 0 Å². The van der Waals surface area contributed by atoms with Crippen LogP contribution in [0.4, 0.5) is 0 Å². The molecule has 4 aliphatic rings. The molecule has 0 spiro atoms. The van der Waals surface area contributed by atoms with E-state index >= 15 is 0 Å². The van der Waals surface area contributed by atoms with Crippen molar-refractivity contribution in [3.63, 3.8) is 0 Å². The van der Waals surface area contributed by atoms with Gasteiger partial charge in [0.2, 0.25) is 5.91 Å². The largest absolute Gasteiger partial charge is 0.405 e. The van der Waals surface area contributed by atoms with Crippen LogP contribution in [-0.2, 0) is 9.59 Å². The number of rotatable bonds is 8. The normalized spacial score (nSPS) is 27.0. The van der Waals surface area contributed by atoms with Gasteiger partial charge in [-0.15, -0.1) is 0 Å². The minimum absolute atomic E-state index is 0.0476. The monoisotopic (exact) mass is 664 g/mol. The molecule has 0 bridgehead atoms. The molecule has 2 aliphatic carbocycles. The fourth-order valence-corrected chi connectivity index (χ4v) is 6.30. The predicted octanol–water partition coefficient (Wildman–Crippen LogP) is 8.71. The number of amides is 1. The van der Waals surface area contributed by atoms with E-state index in [9.17, 15) is 9.59 Å². The van der Waals surface area contributed by atoms with Crippen LogP contribution in [0.15, 0.2) is 36.2 Å². The number of hydrogen-bond donors (Lipinski definition) is 4. The molecule has 4 N–H and O–H groups in total. The van der Waals surface area contributed by atoms with E-state index in [1.54, 1.807) is 6.92 Å². The molecule has 6 unspecified atom stereocenters. The molecule has 46 heavy (non-hydrogen) atoms. The number of likely N-dealkylation sites (tertiary alicyclic amines) is 1. The van der Waals surface area contributed by atoms with Gasteiger partial charge in [-0.05, 0) is 81.2 Å². The van der Waals surface area contributed by atoms with Crippen LogP contribution < -0.4 is 11.1 Å². The molecule has 2 aliphatic heterocycles. The Morgan fingerprint density at radius 2 is 1.70 bits per heavy atom. The predicted molar refractivity (Wildman–Crippen MR) is 202 cm³/mol. The molecule has 4 rings (SSSR count). The van der Waals surface area contributed by atoms with Crippen LogP contribution >= 0.6 is 12.6 Å². The molecular weight excluding hydrogens is 591 g/mol. The van der Waals surface area contributed by atoms with E-state index in [-0.39, 0.29) is 41.2 Å². The van der Waals surface area contributed by atoms with E-state index in [2.05, 4.69) is 112 Å². The summed E-state index contributed by atoms with van der Waals surface area (Å²) in [6.07, 6.45) is 16.0. The van der Waals surface area contributed by atoms with E-state index in [0.29, 0.717) is 24.2 Å². The van der Waals surface area contributed by atoms with Gasteiger partial charge in [-0.25, -0.2) is 0 Å². The second-order valence-electron chi connectivity index (χ2n) is 14.9. The molecular formula is C39H73N3O3S. The van der Waals surface area contributed by atoms with Gasteiger partial charge in [0.25, 0.3) is 0 Å². The molecule has 7 heteroatoms. The lowest BCUT2D eigenvalue weighted by molar-refractivity contribution is -0.143. The van der Waals surface area contributed by atoms with Crippen LogP contribution in [-0.4, -0.2) is 52.2 Å². The first-order valence-corrected chi connectivity index (χ1v) is 18.7. The molecule has 2 saturated carbocycles. The molecule has 0 aromatic heterocycles. The van der Waals surface area contributed by atoms with Gasteiger partial charge >= 0.3 is 0 Å². The highest BCUT2D eigenvalue weighted by molar-refractivity contribution is 7.81. The van der Waals surface area contributed by atoms with Crippen LogP contribution in [0.1, 0.15) is 134 Å². The Hall–Kier alpha value is -1.73. The minimum Gasteiger partial charge on any atom is -0.405 e. The van der Waals surface area contributed by atoms with Crippen molar-refractivity contribution in [1.29, 1.82) is 0 Å². The summed E-state index contributed by atoms with van der Waals surface area (Å²) in [4.78, 5) is 28.1. The summed E-state index contributed by atoms with van der Waals surface area (Å²) in [5, 5.41) is 10.9. The fourth-order valence-electron chi connectivity index (χ4n) is 5.92. The second kappa shape index (κ2) is 22.8. The zero-order chi connectivity index (χ0) is 35.6. The molecule has 2 heterocycles. The molecule has 6 nitrogen and oxygen atoms in total. The average Bonchev–Trinajstić information content (AvgIpc) is 3.62. The third kappa shape index (κ3) is 15.0. The van der Waals surface area contributed by atoms with E-state index in [1.807, 2.05) is 4.90 Å². The number of ketones is 1. The van der Waals surface area contributed by atoms with E-state index in [0.717, 1.165) is 49.6 Å². The summed E-state index contributed by atoms with van der Waals surface area (Å²) in [6.45, 7) is 27.9. The maximum Gasteiger partial charge on any atom is 0.247 e. The molecule has 0 aromatic carbocycles. The molecule has 3 fully saturated rings. The van der Waals surface area contributed by atoms with Crippen molar-refractivity contribution in [1.82, 2.24) is 10.2 Å². The number of nitrogens with zero attached hydrogens (tertiary/aromatic N) is 1. The molecule has 6 atom stereocenters. The smallest absolute Gasteiger partial charge is 0.247 e. The van der Waals surface area contributed by atoms with Crippen molar-refractivity contribution in [2.75, 3.05) is 13.2 Å². The van der Waals surface area contributed by atoms with Gasteiger partial charge in [-0.1, -0.05) is 112 Å². The van der Waals surface area contributed by atoms with Crippen molar-refractivity contribution in [3.8, 4) is 0 Å². The SMILES string of the molecule is C=CN.CC/C=C(/C)C(C)C.CC1CCC1.CCC(C)(C)CC1=CC(S)C(C(=O)N2CCCC2C(=O)C2CC(C)C2C)N1.CCO. The maximum absolute atomic E-state index is 13.3. The molecule has 0 radical (unpaired) electrons. The van der Waals surface area contributed by atoms with Crippen LogP contribution in [0.25, 0.3) is 0 Å². The minimum atomic E-state index is -0.345. The quantitative estimate of drug-likeness (QED) is 0.154. The highest BCUT2D eigenvalue weighted by Crippen LogP contribution is 2.42. The second-order valence-corrected chi connectivity index (χ2v) is 15.5. The summed E-state index contributed by atoms with van der Waals surface area (Å²) in [6, 6.07) is -0.571. The van der Waals surface area contributed by atoms with Crippen molar-refractivity contribution >= 4 is 24.3 Å². The van der Waals surface area contributed by atoms with Crippen molar-refractivity contribution in [2.24, 2.45) is 40.7 Å². The number of nitrogens with two attached hydrogens (primary N) is 1. The first-order chi connectivity index (χ1) is 21.5. The number of hydrogen-bond acceptors (Lipinski definition) is 6. The van der Waals surface area contributed by atoms with Crippen LogP contribution in [0.3, 0.4) is 0 Å². The standard InChI is InChI=1S/C22H36N2O2S.C8H16.C5H10.C2H5N.C2H6O/c1-6-22(4,5)12-15-11-18(27)19(23-15)21(26)24-9-7-8-17(24)20(25)16-10-13(2)14(16)3;1-5-6-8(4)7(2)3;1-5-3-2-4-5;2*1-2-3/h11,13-14,16-19,23,27H,6-10,12H2,1-5H3;6-7H,5H2,1-4H3;5H,2-4H2,1H3;2H,1,3H2;3H,2H2,1H3/b;8-6-;;;. The van der Waals surface area contributed by atoms with Gasteiger partial charge in [0.15, 0.2) is 5.78 Å². The number of aliphatic hydroxyl groups excluding tert-OH is 1. The summed E-state index contributed by atoms with van der Waals surface area (Å²) >= 11 is 4.66. The summed E-state index contributed by atoms with van der Waals surface area (Å²) in [5.74, 6) is 3.34. The Balaban J connectivity index is 0.000000866. The lowest BCUT2D eigenvalue weighted by atomic mass is 9.64. The number of allylic oxidation sites excluding steroid dienone is 3. The lowest BCUT2D eigenvalue weighted by Gasteiger charge is -2.42. The zero-order valence-electron chi connectivity index (χ0n) is 31.6. The Kier molecular flexibility index (Phi) is 21.9. The van der Waals surface area contributed by atoms with Crippen molar-refractivity contribution < 1.29 is 14.7 Å². The summed E-state index contributed by atoms with van der Waals surface area (Å²) in [5.41, 5.74) is 7.43. The van der Waals surface area contributed by atoms with Crippen molar-refractivity contribution in [2.45, 2.75) is 151 Å². The number of carbonyl (C=O) groups excluding carboxylic acids is 2. The van der Waals surface area contributed by atoms with Gasteiger partial charge in [-0.2, -0.15) is 12.6 Å². The number of thiol groups is 1.